The normalized spacial score (nSPS) is 47.4. The monoisotopic (exact) mass is 538 g/mol. The fourth-order valence-electron chi connectivity index (χ4n) is 6.62. The lowest BCUT2D eigenvalue weighted by Gasteiger charge is -2.60. The number of aliphatic hydroxyl groups excluding tert-OH is 1. The van der Waals surface area contributed by atoms with Crippen LogP contribution in [0, 0.1) is 46.8 Å². The molecule has 36 heavy (non-hydrogen) atoms. The lowest BCUT2D eigenvalue weighted by atomic mass is 9.46. The SMILES string of the molecule is CO[C@]1(C)C[C@H]2C=C[C@H]3[C@H](C)/C=C\C=C\[C@H](C)CC(=O)[C@@H](C)C(=O)C(Cl)(Cl)C(=O)[C@H]3[C@]2(C)[C@H](C)[C@H]1O. The first-order valence-electron chi connectivity index (χ1n) is 12.9. The number of carbonyl (C=O) groups is 3. The largest absolute Gasteiger partial charge is 0.390 e. The third kappa shape index (κ3) is 4.81. The minimum absolute atomic E-state index is 0.0748. The van der Waals surface area contributed by atoms with Crippen molar-refractivity contribution in [1.29, 1.82) is 0 Å². The summed E-state index contributed by atoms with van der Waals surface area (Å²) in [5.74, 6) is -4.48. The second-order valence-corrected chi connectivity index (χ2v) is 13.0. The van der Waals surface area contributed by atoms with E-state index < -0.39 is 44.9 Å². The van der Waals surface area contributed by atoms with E-state index in [1.165, 1.54) is 6.92 Å². The molecule has 1 N–H and O–H groups in total. The molecule has 0 bridgehead atoms. The Bertz CT molecular complexity index is 984. The number of carbonyl (C=O) groups excluding carboxylic acids is 3. The molecule has 1 saturated carbocycles. The predicted molar refractivity (Wildman–Crippen MR) is 143 cm³/mol. The second kappa shape index (κ2) is 10.5. The van der Waals surface area contributed by atoms with Gasteiger partial charge in [0.25, 0.3) is 0 Å². The van der Waals surface area contributed by atoms with Crippen LogP contribution in [0.4, 0.5) is 0 Å². The molecule has 0 amide bonds. The highest BCUT2D eigenvalue weighted by Gasteiger charge is 2.64. The van der Waals surface area contributed by atoms with E-state index in [9.17, 15) is 19.5 Å². The van der Waals surface area contributed by atoms with E-state index in [0.717, 1.165) is 0 Å². The number of rotatable bonds is 1. The molecule has 3 aliphatic carbocycles. The van der Waals surface area contributed by atoms with Crippen molar-refractivity contribution >= 4 is 40.6 Å². The highest BCUT2D eigenvalue weighted by molar-refractivity contribution is 6.68. The van der Waals surface area contributed by atoms with Gasteiger partial charge in [-0.2, -0.15) is 0 Å². The second-order valence-electron chi connectivity index (χ2n) is 11.7. The number of ether oxygens (including phenoxy) is 1. The number of methoxy groups -OCH3 is 1. The molecular formula is C29H40Cl2O5. The minimum Gasteiger partial charge on any atom is -0.390 e. The summed E-state index contributed by atoms with van der Waals surface area (Å²) in [6, 6.07) is 0. The van der Waals surface area contributed by atoms with Crippen LogP contribution in [0.15, 0.2) is 36.5 Å². The van der Waals surface area contributed by atoms with E-state index in [1.54, 1.807) is 7.11 Å². The molecule has 0 saturated heterocycles. The average molecular weight is 540 g/mol. The maximum Gasteiger partial charge on any atom is 0.234 e. The zero-order valence-corrected chi connectivity index (χ0v) is 23.8. The number of halogens is 2. The van der Waals surface area contributed by atoms with Crippen LogP contribution in [-0.2, 0) is 19.1 Å². The van der Waals surface area contributed by atoms with Crippen molar-refractivity contribution in [2.45, 2.75) is 70.4 Å². The molecule has 5 nitrogen and oxygen atoms in total. The van der Waals surface area contributed by atoms with Gasteiger partial charge in [0.05, 0.1) is 17.6 Å². The summed E-state index contributed by atoms with van der Waals surface area (Å²) >= 11 is 13.3. The predicted octanol–water partition coefficient (Wildman–Crippen LogP) is 5.52. The van der Waals surface area contributed by atoms with Gasteiger partial charge in [0, 0.05) is 19.4 Å². The van der Waals surface area contributed by atoms with Crippen LogP contribution in [-0.4, -0.2) is 45.6 Å². The van der Waals surface area contributed by atoms with Gasteiger partial charge in [-0.15, -0.1) is 0 Å². The van der Waals surface area contributed by atoms with Crippen LogP contribution in [0.1, 0.15) is 54.4 Å². The zero-order chi connectivity index (χ0) is 27.2. The highest BCUT2D eigenvalue weighted by atomic mass is 35.5. The molecule has 3 rings (SSSR count). The average Bonchev–Trinajstić information content (AvgIpc) is 2.83. The Hall–Kier alpha value is -1.27. The summed E-state index contributed by atoms with van der Waals surface area (Å²) in [7, 11) is 1.58. The smallest absolute Gasteiger partial charge is 0.234 e. The van der Waals surface area contributed by atoms with Gasteiger partial charge >= 0.3 is 0 Å². The fraction of sp³-hybridized carbons (Fsp3) is 0.690. The number of hydrogen-bond acceptors (Lipinski definition) is 5. The fourth-order valence-corrected chi connectivity index (χ4v) is 7.18. The van der Waals surface area contributed by atoms with Gasteiger partial charge in [-0.3, -0.25) is 14.4 Å². The molecule has 0 radical (unpaired) electrons. The van der Waals surface area contributed by atoms with Gasteiger partial charge in [-0.05, 0) is 55.3 Å². The molecule has 200 valence electrons. The Kier molecular flexibility index (Phi) is 8.52. The van der Waals surface area contributed by atoms with E-state index in [4.69, 9.17) is 27.9 Å². The molecule has 0 unspecified atom stereocenters. The van der Waals surface area contributed by atoms with Gasteiger partial charge < -0.3 is 9.84 Å². The van der Waals surface area contributed by atoms with Crippen LogP contribution in [0.25, 0.3) is 0 Å². The maximum atomic E-state index is 14.3. The molecule has 0 aromatic carbocycles. The van der Waals surface area contributed by atoms with Gasteiger partial charge in [0.15, 0.2) is 11.6 Å². The number of aliphatic hydroxyl groups is 1. The first-order valence-corrected chi connectivity index (χ1v) is 13.6. The number of allylic oxidation sites excluding steroid dienone is 6. The van der Waals surface area contributed by atoms with Crippen molar-refractivity contribution in [3.05, 3.63) is 36.5 Å². The quantitative estimate of drug-likeness (QED) is 0.270. The summed E-state index contributed by atoms with van der Waals surface area (Å²) in [6.07, 6.45) is 11.8. The van der Waals surface area contributed by atoms with E-state index in [2.05, 4.69) is 6.08 Å². The van der Waals surface area contributed by atoms with Gasteiger partial charge in [-0.1, -0.05) is 87.4 Å². The zero-order valence-electron chi connectivity index (χ0n) is 22.3. The Labute approximate surface area is 225 Å². The molecule has 1 fully saturated rings. The standard InChI is InChI=1S/C29H40Cl2O5/c1-16-10-8-9-11-17(2)21-13-12-20-15-27(5,36-7)25(34)19(4)28(20,6)23(21)26(35)29(30,31)24(33)18(3)22(32)14-16/h8-13,16-21,23,25,34H,14-15H2,1-7H3/b10-8+,11-9-/t16-,17+,18+,19+,20+,21-,23-,25+,27+,28+/m0/s1. The first kappa shape index (κ1) is 29.3. The van der Waals surface area contributed by atoms with Crippen LogP contribution in [0.3, 0.4) is 0 Å². The summed E-state index contributed by atoms with van der Waals surface area (Å²) in [4.78, 5) is 40.6. The van der Waals surface area contributed by atoms with Gasteiger partial charge in [0.2, 0.25) is 4.33 Å². The summed E-state index contributed by atoms with van der Waals surface area (Å²) in [5, 5.41) is 11.3. The maximum absolute atomic E-state index is 14.3. The third-order valence-corrected chi connectivity index (χ3v) is 10.2. The number of Topliss-reactive ketones (excluding diaryl/α,β-unsaturated/α-hetero) is 3. The van der Waals surface area contributed by atoms with Gasteiger partial charge in [-0.25, -0.2) is 0 Å². The van der Waals surface area contributed by atoms with Crippen molar-refractivity contribution in [3.8, 4) is 0 Å². The third-order valence-electron chi connectivity index (χ3n) is 9.46. The molecule has 0 heterocycles. The topological polar surface area (TPSA) is 80.7 Å². The van der Waals surface area contributed by atoms with Crippen molar-refractivity contribution in [3.63, 3.8) is 0 Å². The van der Waals surface area contributed by atoms with Crippen LogP contribution in [0.5, 0.6) is 0 Å². The summed E-state index contributed by atoms with van der Waals surface area (Å²) < 4.78 is 3.36. The number of fused-ring (bicyclic) bond motifs is 3. The molecular weight excluding hydrogens is 499 g/mol. The molecule has 0 aromatic rings. The molecule has 7 heteroatoms. The van der Waals surface area contributed by atoms with Crippen LogP contribution < -0.4 is 0 Å². The van der Waals surface area contributed by atoms with E-state index in [-0.39, 0.29) is 41.8 Å². The van der Waals surface area contributed by atoms with E-state index >= 15 is 0 Å². The molecule has 0 aliphatic heterocycles. The van der Waals surface area contributed by atoms with Crippen molar-refractivity contribution in [2.75, 3.05) is 7.11 Å². The Morgan fingerprint density at radius 1 is 0.944 bits per heavy atom. The number of hydrogen-bond donors (Lipinski definition) is 1. The molecule has 3 aliphatic rings. The van der Waals surface area contributed by atoms with Crippen molar-refractivity contribution in [1.82, 2.24) is 0 Å². The van der Waals surface area contributed by atoms with E-state index in [0.29, 0.717) is 6.42 Å². The Morgan fingerprint density at radius 3 is 2.17 bits per heavy atom. The highest BCUT2D eigenvalue weighted by Crippen LogP contribution is 2.60. The first-order chi connectivity index (χ1) is 16.6. The number of ketones is 3. The lowest BCUT2D eigenvalue weighted by Crippen LogP contribution is -2.64. The number of alkyl halides is 2. The van der Waals surface area contributed by atoms with Crippen LogP contribution >= 0.6 is 23.2 Å². The van der Waals surface area contributed by atoms with Crippen molar-refractivity contribution in [2.24, 2.45) is 46.8 Å². The Morgan fingerprint density at radius 2 is 1.56 bits per heavy atom. The molecule has 10 atom stereocenters. The van der Waals surface area contributed by atoms with E-state index in [1.807, 2.05) is 65.0 Å². The Balaban J connectivity index is 2.20. The molecule has 0 spiro atoms. The van der Waals surface area contributed by atoms with Gasteiger partial charge in [0.1, 0.15) is 5.78 Å². The minimum atomic E-state index is -2.38. The van der Waals surface area contributed by atoms with Crippen molar-refractivity contribution < 1.29 is 24.2 Å². The van der Waals surface area contributed by atoms with Crippen LogP contribution in [0.2, 0.25) is 0 Å². The lowest BCUT2D eigenvalue weighted by molar-refractivity contribution is -0.200. The summed E-state index contributed by atoms with van der Waals surface area (Å²) in [5.41, 5.74) is -1.53. The summed E-state index contributed by atoms with van der Waals surface area (Å²) in [6.45, 7) is 11.2. The molecule has 0 aromatic heterocycles.